The maximum Gasteiger partial charge on any atom is 0.267 e. The van der Waals surface area contributed by atoms with E-state index in [0.717, 1.165) is 10.9 Å². The highest BCUT2D eigenvalue weighted by Crippen LogP contribution is 2.19. The highest BCUT2D eigenvalue weighted by Gasteiger charge is 2.08. The molecule has 0 saturated carbocycles. The molecule has 0 aliphatic heterocycles. The van der Waals surface area contributed by atoms with Gasteiger partial charge in [0.15, 0.2) is 5.82 Å². The number of anilines is 1. The van der Waals surface area contributed by atoms with E-state index in [2.05, 4.69) is 10.1 Å². The molecule has 0 spiro atoms. The van der Waals surface area contributed by atoms with Crippen molar-refractivity contribution in [1.82, 2.24) is 14.8 Å². The molecular weight excluding hydrogens is 242 g/mol. The molecule has 0 aliphatic carbocycles. The van der Waals surface area contributed by atoms with Gasteiger partial charge in [0.1, 0.15) is 5.69 Å². The number of aromatic nitrogens is 3. The molecule has 3 rings (SSSR count). The summed E-state index contributed by atoms with van der Waals surface area (Å²) in [7, 11) is 0. The number of nitrogen functional groups attached to an aromatic ring is 1. The van der Waals surface area contributed by atoms with Crippen molar-refractivity contribution >= 4 is 22.5 Å². The second-order valence-corrected chi connectivity index (χ2v) is 4.12. The zero-order chi connectivity index (χ0) is 13.4. The number of benzene rings is 1. The summed E-state index contributed by atoms with van der Waals surface area (Å²) in [6.07, 6.45) is 1.72. The van der Waals surface area contributed by atoms with E-state index in [0.29, 0.717) is 11.5 Å². The van der Waals surface area contributed by atoms with Gasteiger partial charge in [0.2, 0.25) is 0 Å². The lowest BCUT2D eigenvalue weighted by Gasteiger charge is -2.04. The Morgan fingerprint density at radius 3 is 2.84 bits per heavy atom. The number of primary amides is 1. The van der Waals surface area contributed by atoms with Crippen molar-refractivity contribution < 1.29 is 4.79 Å². The van der Waals surface area contributed by atoms with Crippen LogP contribution in [0.25, 0.3) is 16.7 Å². The molecule has 0 radical (unpaired) electrons. The van der Waals surface area contributed by atoms with Gasteiger partial charge in [-0.1, -0.05) is 6.07 Å². The third kappa shape index (κ3) is 1.89. The Morgan fingerprint density at radius 1 is 1.21 bits per heavy atom. The molecule has 94 valence electrons. The van der Waals surface area contributed by atoms with Crippen molar-refractivity contribution in [2.24, 2.45) is 5.73 Å². The second-order valence-electron chi connectivity index (χ2n) is 4.12. The predicted octanol–water partition coefficient (Wildman–Crippen LogP) is 1.10. The van der Waals surface area contributed by atoms with Gasteiger partial charge in [0.05, 0.1) is 11.7 Å². The zero-order valence-corrected chi connectivity index (χ0v) is 9.95. The number of nitrogens with zero attached hydrogens (tertiary/aromatic N) is 3. The maximum atomic E-state index is 11.2. The van der Waals surface area contributed by atoms with Crippen molar-refractivity contribution in [2.75, 3.05) is 5.73 Å². The van der Waals surface area contributed by atoms with E-state index in [4.69, 9.17) is 11.5 Å². The molecule has 1 amide bonds. The molecule has 0 fully saturated rings. The van der Waals surface area contributed by atoms with Crippen LogP contribution in [-0.2, 0) is 0 Å². The Hall–Kier alpha value is -2.89. The Bertz CT molecular complexity index is 778. The number of nitrogens with two attached hydrogens (primary N) is 2. The first-order chi connectivity index (χ1) is 9.15. The molecule has 4 N–H and O–H groups in total. The highest BCUT2D eigenvalue weighted by molar-refractivity contribution is 5.91. The maximum absolute atomic E-state index is 11.2. The van der Waals surface area contributed by atoms with Crippen LogP contribution in [0.2, 0.25) is 0 Å². The number of carbonyl (C=O) groups is 1. The van der Waals surface area contributed by atoms with Crippen LogP contribution in [0.1, 0.15) is 10.5 Å². The topological polar surface area (TPSA) is 99.8 Å². The van der Waals surface area contributed by atoms with Crippen molar-refractivity contribution in [2.45, 2.75) is 0 Å². The molecule has 6 nitrogen and oxygen atoms in total. The average Bonchev–Trinajstić information content (AvgIpc) is 2.81. The summed E-state index contributed by atoms with van der Waals surface area (Å²) >= 11 is 0. The number of carbonyl (C=O) groups excluding carboxylic acids is 1. The highest BCUT2D eigenvalue weighted by atomic mass is 16.1. The molecule has 6 heteroatoms. The minimum absolute atomic E-state index is 0.199. The minimum atomic E-state index is -0.571. The monoisotopic (exact) mass is 253 g/mol. The number of rotatable bonds is 2. The average molecular weight is 253 g/mol. The van der Waals surface area contributed by atoms with Gasteiger partial charge in [-0.15, -0.1) is 0 Å². The Balaban J connectivity index is 2.21. The summed E-state index contributed by atoms with van der Waals surface area (Å²) in [6, 6.07) is 10.5. The molecule has 2 heterocycles. The zero-order valence-electron chi connectivity index (χ0n) is 9.95. The van der Waals surface area contributed by atoms with E-state index in [1.54, 1.807) is 35.1 Å². The largest absolute Gasteiger partial charge is 0.399 e. The van der Waals surface area contributed by atoms with Gasteiger partial charge in [0.25, 0.3) is 5.91 Å². The molecule has 3 aromatic rings. The molecule has 19 heavy (non-hydrogen) atoms. The predicted molar refractivity (Wildman–Crippen MR) is 71.8 cm³/mol. The van der Waals surface area contributed by atoms with E-state index in [9.17, 15) is 4.79 Å². The van der Waals surface area contributed by atoms with Gasteiger partial charge in [-0.05, 0) is 30.3 Å². The van der Waals surface area contributed by atoms with Gasteiger partial charge in [-0.2, -0.15) is 5.10 Å². The standard InChI is InChI=1S/C13H11N5O/c14-9-5-4-8-7-16-18(11(8)6-9)12-3-1-2-10(17-12)13(15)19/h1-7H,14H2,(H2,15,19). The molecule has 1 aromatic carbocycles. The summed E-state index contributed by atoms with van der Waals surface area (Å²) in [6.45, 7) is 0. The van der Waals surface area contributed by atoms with Crippen molar-refractivity contribution in [1.29, 1.82) is 0 Å². The fraction of sp³-hybridized carbons (Fsp3) is 0. The number of fused-ring (bicyclic) bond motifs is 1. The molecule has 2 aromatic heterocycles. The molecule has 0 aliphatic rings. The fourth-order valence-corrected chi connectivity index (χ4v) is 1.90. The number of hydrogen-bond donors (Lipinski definition) is 2. The summed E-state index contributed by atoms with van der Waals surface area (Å²) in [5.41, 5.74) is 12.7. The van der Waals surface area contributed by atoms with Crippen LogP contribution in [0.5, 0.6) is 0 Å². The first kappa shape index (κ1) is 11.2. The molecular formula is C13H11N5O. The first-order valence-corrected chi connectivity index (χ1v) is 5.65. The fourth-order valence-electron chi connectivity index (χ4n) is 1.90. The van der Waals surface area contributed by atoms with Crippen LogP contribution >= 0.6 is 0 Å². The summed E-state index contributed by atoms with van der Waals surface area (Å²) < 4.78 is 1.62. The molecule has 0 atom stereocenters. The minimum Gasteiger partial charge on any atom is -0.399 e. The number of hydrogen-bond acceptors (Lipinski definition) is 4. The summed E-state index contributed by atoms with van der Waals surface area (Å²) in [5.74, 6) is -0.0466. The first-order valence-electron chi connectivity index (χ1n) is 5.65. The van der Waals surface area contributed by atoms with Crippen molar-refractivity contribution in [3.8, 4) is 5.82 Å². The Morgan fingerprint density at radius 2 is 2.05 bits per heavy atom. The van der Waals surface area contributed by atoms with Crippen LogP contribution in [0, 0.1) is 0 Å². The summed E-state index contributed by atoms with van der Waals surface area (Å²) in [4.78, 5) is 15.3. The van der Waals surface area contributed by atoms with Crippen LogP contribution in [0.15, 0.2) is 42.6 Å². The van der Waals surface area contributed by atoms with Gasteiger partial charge >= 0.3 is 0 Å². The van der Waals surface area contributed by atoms with Crippen LogP contribution in [0.4, 0.5) is 5.69 Å². The lowest BCUT2D eigenvalue weighted by molar-refractivity contribution is 0.0995. The quantitative estimate of drug-likeness (QED) is 0.668. The lowest BCUT2D eigenvalue weighted by Crippen LogP contribution is -2.14. The number of amides is 1. The van der Waals surface area contributed by atoms with Crippen LogP contribution in [-0.4, -0.2) is 20.7 Å². The van der Waals surface area contributed by atoms with E-state index >= 15 is 0 Å². The molecule has 0 bridgehead atoms. The van der Waals surface area contributed by atoms with E-state index in [1.165, 1.54) is 0 Å². The van der Waals surface area contributed by atoms with Gasteiger partial charge in [-0.25, -0.2) is 9.67 Å². The van der Waals surface area contributed by atoms with E-state index in [-0.39, 0.29) is 5.69 Å². The lowest BCUT2D eigenvalue weighted by atomic mass is 10.2. The van der Waals surface area contributed by atoms with Gasteiger partial charge < -0.3 is 11.5 Å². The molecule has 0 unspecified atom stereocenters. The summed E-state index contributed by atoms with van der Waals surface area (Å²) in [5, 5.41) is 5.20. The number of pyridine rings is 1. The molecule has 0 saturated heterocycles. The Labute approximate surface area is 108 Å². The van der Waals surface area contributed by atoms with Crippen LogP contribution in [0.3, 0.4) is 0 Å². The third-order valence-corrected chi connectivity index (χ3v) is 2.80. The smallest absolute Gasteiger partial charge is 0.267 e. The van der Waals surface area contributed by atoms with Gasteiger partial charge in [0, 0.05) is 11.1 Å². The van der Waals surface area contributed by atoms with Crippen molar-refractivity contribution in [3.05, 3.63) is 48.3 Å². The SMILES string of the molecule is NC(=O)c1cccc(-n2ncc3ccc(N)cc32)n1. The van der Waals surface area contributed by atoms with E-state index in [1.807, 2.05) is 12.1 Å². The van der Waals surface area contributed by atoms with Crippen LogP contribution < -0.4 is 11.5 Å². The Kier molecular flexibility index (Phi) is 2.42. The van der Waals surface area contributed by atoms with Gasteiger partial charge in [-0.3, -0.25) is 4.79 Å². The normalized spacial score (nSPS) is 10.7. The van der Waals surface area contributed by atoms with E-state index < -0.39 is 5.91 Å². The van der Waals surface area contributed by atoms with Crippen molar-refractivity contribution in [3.63, 3.8) is 0 Å². The third-order valence-electron chi connectivity index (χ3n) is 2.80. The second kappa shape index (κ2) is 4.09.